The molecular weight excluding hydrogens is 1960 g/mol. The number of carbonyl (C=O) groups excluding carboxylic acids is 6. The second-order valence-electron chi connectivity index (χ2n) is 34.6. The molecule has 0 spiro atoms. The summed E-state index contributed by atoms with van der Waals surface area (Å²) in [4.78, 5) is 93.0. The number of phenols is 1. The fraction of sp³-hybridized carbons (Fsp3) is 0.221. The maximum atomic E-state index is 13.7. The Morgan fingerprint density at radius 2 is 0.723 bits per heavy atom. The number of aliphatic carboxylic acids is 1. The number of aromatic hydroxyl groups is 1. The number of carbonyl (C=O) groups is 8. The molecule has 0 aromatic heterocycles. The van der Waals surface area contributed by atoms with Gasteiger partial charge in [-0.1, -0.05) is 293 Å². The molecule has 0 bridgehead atoms. The first-order valence-corrected chi connectivity index (χ1v) is 51.0. The van der Waals surface area contributed by atoms with Crippen molar-refractivity contribution in [2.45, 2.75) is 94.9 Å². The minimum absolute atomic E-state index is 0.000935. The van der Waals surface area contributed by atoms with Crippen molar-refractivity contribution in [1.29, 1.82) is 0 Å². The molecular formula is C122H122Cl3FNO20P. The summed E-state index contributed by atoms with van der Waals surface area (Å²) in [5.41, 5.74) is 5.72. The molecule has 148 heavy (non-hydrogen) atoms. The van der Waals surface area contributed by atoms with E-state index in [0.29, 0.717) is 90.2 Å². The zero-order chi connectivity index (χ0) is 107. The van der Waals surface area contributed by atoms with E-state index < -0.39 is 47.9 Å². The van der Waals surface area contributed by atoms with E-state index in [-0.39, 0.29) is 52.2 Å². The molecule has 0 radical (unpaired) electrons. The number of halogens is 4. The Kier molecular flexibility index (Phi) is 43.7. The van der Waals surface area contributed by atoms with Gasteiger partial charge in [0, 0.05) is 38.5 Å². The van der Waals surface area contributed by atoms with Crippen LogP contribution in [0.5, 0.6) is 34.5 Å². The van der Waals surface area contributed by atoms with E-state index in [9.17, 15) is 47.9 Å². The number of phenolic OH excluding ortho intramolecular Hbond substituents is 1. The molecule has 0 aliphatic heterocycles. The third kappa shape index (κ3) is 30.9. The molecule has 0 fully saturated rings. The standard InChI is InChI=1S/C23H23O2P.C21H17ClFNO4.C17H19ClO3.C17H20O3.C17H18O3.C15H15ClO3.C12H10O2/c1-3-25-23(24)19(2)26(20-13-7-4-8-14-20,21-15-9-5-10-16-21)22-17-11-6-12-18-22;1-11(20(26)24-16-4-2-3-15(23)18(16)21(27)28)9-12-5-7-14-13(10-12)6-8-17(25)19(14)22;1-4-21-17(19)11(2)9-12-5-7-14-13(10-12)6-8-15(20-3)16(14)18;2*1-4-20-17(18)12(2)9-13-5-6-15-11-16(19-3)8-7-14(15)10-13;1-9(15(17)18)7-10-3-5-12-11(8-10)4-6-13(19-2)14(12)16;1-14-12-5-4-10-6-9(8-13)2-3-11(10)7-12/h4-18H,3H2,1-2H3;2-8,10-11,25H,9H2,1H3,(H,24,26)(H,27,28);5-8,10-11H,4,9H2,1-3H3;5-8,10-12H,4,9H2,1-3H3;5-11H,4H2,1-3H3;3-6,8-9H,7H2,1-2H3,(H,17,18);2-8H,1H3/b;;;;12-9+;;. The van der Waals surface area contributed by atoms with Crippen molar-refractivity contribution < 1.29 is 101 Å². The molecule has 16 aromatic rings. The lowest BCUT2D eigenvalue weighted by Crippen LogP contribution is -2.33. The van der Waals surface area contributed by atoms with Crippen molar-refractivity contribution in [2.75, 3.05) is 67.3 Å². The van der Waals surface area contributed by atoms with Crippen molar-refractivity contribution in [3.05, 3.63) is 375 Å². The first-order chi connectivity index (χ1) is 71.2. The number of aldehydes is 1. The Balaban J connectivity index is 0.000000178. The van der Waals surface area contributed by atoms with Gasteiger partial charge in [-0.15, -0.1) is 0 Å². The third-order valence-electron chi connectivity index (χ3n) is 24.2. The van der Waals surface area contributed by atoms with E-state index in [0.717, 1.165) is 138 Å². The van der Waals surface area contributed by atoms with Gasteiger partial charge in [-0.05, 0) is 251 Å². The summed E-state index contributed by atoms with van der Waals surface area (Å²) in [5, 5.41) is 48.0. The Morgan fingerprint density at radius 3 is 1.13 bits per heavy atom. The topological polar surface area (TPSA) is 292 Å². The minimum Gasteiger partial charge on any atom is -0.506 e. The first-order valence-electron chi connectivity index (χ1n) is 48.1. The molecule has 4 unspecified atom stereocenters. The maximum Gasteiger partial charge on any atom is 0.340 e. The lowest BCUT2D eigenvalue weighted by Gasteiger charge is -2.31. The number of hydrogen-bond donors (Lipinski definition) is 4. The van der Waals surface area contributed by atoms with Crippen molar-refractivity contribution in [2.24, 2.45) is 23.7 Å². The molecule has 26 heteroatoms. The average Bonchev–Trinajstić information content (AvgIpc) is 0.734. The lowest BCUT2D eigenvalue weighted by molar-refractivity contribution is -0.148. The number of carboxylic acid groups (broad SMARTS) is 2. The number of aromatic carboxylic acids is 1. The molecule has 768 valence electrons. The fourth-order valence-corrected chi connectivity index (χ4v) is 21.6. The monoisotopic (exact) mass is 2080 g/mol. The Bertz CT molecular complexity index is 7350. The molecule has 0 aliphatic carbocycles. The maximum absolute atomic E-state index is 13.7. The number of carboxylic acids is 2. The molecule has 16 aromatic carbocycles. The van der Waals surface area contributed by atoms with Crippen LogP contribution in [-0.4, -0.2) is 131 Å². The highest BCUT2D eigenvalue weighted by molar-refractivity contribution is 7.96. The van der Waals surface area contributed by atoms with Crippen LogP contribution in [0.4, 0.5) is 10.1 Å². The average molecular weight is 2080 g/mol. The van der Waals surface area contributed by atoms with Gasteiger partial charge in [-0.2, -0.15) is 0 Å². The van der Waals surface area contributed by atoms with E-state index >= 15 is 0 Å². The highest BCUT2D eigenvalue weighted by Crippen LogP contribution is 2.47. The smallest absolute Gasteiger partial charge is 0.340 e. The van der Waals surface area contributed by atoms with Gasteiger partial charge in [0.2, 0.25) is 5.91 Å². The number of ether oxygens (including phenoxy) is 9. The van der Waals surface area contributed by atoms with Crippen LogP contribution in [0.15, 0.2) is 315 Å². The number of esters is 4. The Labute approximate surface area is 877 Å². The SMILES string of the molecule is CC(Cc1ccc2c(Cl)c(O)ccc2c1)C(=O)Nc1cccc(F)c1C(=O)O.CCOC(=O)/C(C)=C/c1ccc2cc(OC)ccc2c1.CCOC(=O)C(C)=P(c1ccccc1)(c1ccccc1)c1ccccc1.CCOC(=O)C(C)Cc1ccc2c(Cl)c(OC)ccc2c1.CCOC(=O)C(C)Cc1ccc2cc(OC)ccc2c1.COc1ccc2cc(C=O)ccc2c1.COc1ccc2cc(CC(C)C(=O)O)ccc2c1Cl. The number of amides is 1. The predicted molar refractivity (Wildman–Crippen MR) is 596 cm³/mol. The number of fused-ring (bicyclic) bond motifs is 6. The van der Waals surface area contributed by atoms with Crippen molar-refractivity contribution in [3.63, 3.8) is 0 Å². The molecule has 4 N–H and O–H groups in total. The summed E-state index contributed by atoms with van der Waals surface area (Å²) in [6, 6.07) is 98.3. The number of nitrogens with one attached hydrogen (secondary N) is 1. The number of rotatable bonds is 30. The van der Waals surface area contributed by atoms with Gasteiger partial charge in [-0.3, -0.25) is 24.0 Å². The summed E-state index contributed by atoms with van der Waals surface area (Å²) in [6.07, 6.45) is 4.93. The molecule has 0 saturated carbocycles. The number of anilines is 1. The van der Waals surface area contributed by atoms with Gasteiger partial charge >= 0.3 is 35.8 Å². The van der Waals surface area contributed by atoms with Crippen molar-refractivity contribution >= 4 is 187 Å². The molecule has 21 nitrogen and oxygen atoms in total. The number of hydrogen-bond acceptors (Lipinski definition) is 18. The quantitative estimate of drug-likeness (QED) is 0.0107. The van der Waals surface area contributed by atoms with E-state index in [2.05, 4.69) is 66.0 Å². The van der Waals surface area contributed by atoms with Crippen molar-refractivity contribution in [3.8, 4) is 34.5 Å². The zero-order valence-electron chi connectivity index (χ0n) is 85.3. The normalized spacial score (nSPS) is 11.7. The van der Waals surface area contributed by atoms with Crippen molar-refractivity contribution in [1.82, 2.24) is 0 Å². The lowest BCUT2D eigenvalue weighted by atomic mass is 9.97. The number of benzene rings is 16. The summed E-state index contributed by atoms with van der Waals surface area (Å²) in [7, 11) is 8.14. The van der Waals surface area contributed by atoms with Crippen LogP contribution in [0.2, 0.25) is 15.1 Å². The van der Waals surface area contributed by atoms with Crippen LogP contribution in [0.25, 0.3) is 70.7 Å². The van der Waals surface area contributed by atoms with E-state index in [1.165, 1.54) is 18.2 Å². The summed E-state index contributed by atoms with van der Waals surface area (Å²) < 4.78 is 60.1. The molecule has 1 amide bonds. The van der Waals surface area contributed by atoms with Crippen LogP contribution >= 0.6 is 41.7 Å². The number of methoxy groups -OCH3 is 5. The molecule has 0 saturated heterocycles. The van der Waals surface area contributed by atoms with Gasteiger partial charge in [0.05, 0.1) is 100 Å². The highest BCUT2D eigenvalue weighted by atomic mass is 35.5. The third-order valence-corrected chi connectivity index (χ3v) is 29.8. The van der Waals surface area contributed by atoms with E-state index in [1.807, 2.05) is 254 Å². The van der Waals surface area contributed by atoms with Crippen LogP contribution in [0.3, 0.4) is 0 Å². The second-order valence-corrected chi connectivity index (χ2v) is 39.3. The fourth-order valence-electron chi connectivity index (χ4n) is 16.4. The second kappa shape index (κ2) is 56.4. The summed E-state index contributed by atoms with van der Waals surface area (Å²) in [5.74, 6) is -1.70. The van der Waals surface area contributed by atoms with Crippen LogP contribution in [-0.2, 0) is 73.4 Å². The van der Waals surface area contributed by atoms with E-state index in [1.54, 1.807) is 81.4 Å². The Morgan fingerprint density at radius 1 is 0.372 bits per heavy atom. The van der Waals surface area contributed by atoms with Crippen LogP contribution < -0.4 is 44.9 Å². The van der Waals surface area contributed by atoms with Gasteiger partial charge in [-0.25, -0.2) is 18.8 Å². The predicted octanol–water partition coefficient (Wildman–Crippen LogP) is 26.7. The van der Waals surface area contributed by atoms with E-state index in [4.69, 9.17) is 87.6 Å². The minimum atomic E-state index is -2.29. The molecule has 0 aliphatic rings. The van der Waals surface area contributed by atoms with Crippen LogP contribution in [0.1, 0.15) is 118 Å². The van der Waals surface area contributed by atoms with Gasteiger partial charge < -0.3 is 63.3 Å². The zero-order valence-corrected chi connectivity index (χ0v) is 88.5. The Hall–Kier alpha value is -15.3. The van der Waals surface area contributed by atoms with Gasteiger partial charge in [0.1, 0.15) is 52.2 Å². The highest BCUT2D eigenvalue weighted by Gasteiger charge is 2.32. The molecule has 16 rings (SSSR count). The van der Waals surface area contributed by atoms with Crippen LogP contribution in [0, 0.1) is 29.5 Å². The summed E-state index contributed by atoms with van der Waals surface area (Å²) >= 11 is 18.6. The summed E-state index contributed by atoms with van der Waals surface area (Å²) in [6.45, 7) is 17.5. The molecule has 0 heterocycles. The van der Waals surface area contributed by atoms with Gasteiger partial charge in [0.25, 0.3) is 0 Å². The first kappa shape index (κ1) is 115. The molecule has 4 atom stereocenters. The largest absolute Gasteiger partial charge is 0.506 e. The van der Waals surface area contributed by atoms with Gasteiger partial charge in [0.15, 0.2) is 0 Å².